The van der Waals surface area contributed by atoms with Crippen molar-refractivity contribution in [2.45, 2.75) is 37.0 Å². The van der Waals surface area contributed by atoms with E-state index in [1.54, 1.807) is 0 Å². The molecule has 28 heavy (non-hydrogen) atoms. The first-order valence-corrected chi connectivity index (χ1v) is 11.3. The average molecular weight is 421 g/mol. The van der Waals surface area contributed by atoms with Gasteiger partial charge in [0.05, 0.1) is 15.5 Å². The maximum atomic E-state index is 12.9. The molecule has 0 unspecified atom stereocenters. The number of hydrogen-bond donors (Lipinski definition) is 1. The van der Waals surface area contributed by atoms with Crippen LogP contribution in [0, 0.1) is 0 Å². The Hall–Kier alpha value is -1.89. The van der Waals surface area contributed by atoms with Gasteiger partial charge < -0.3 is 5.32 Å². The molecule has 3 rings (SSSR count). The van der Waals surface area contributed by atoms with Gasteiger partial charge in [0, 0.05) is 19.6 Å². The van der Waals surface area contributed by atoms with Crippen LogP contribution in [0.1, 0.15) is 48.0 Å². The lowest BCUT2D eigenvalue weighted by molar-refractivity contribution is 0.0951. The normalized spacial score (nSPS) is 16.5. The second-order valence-corrected chi connectivity index (χ2v) is 9.47. The zero-order chi connectivity index (χ0) is 20.1. The van der Waals surface area contributed by atoms with E-state index in [2.05, 4.69) is 5.32 Å². The monoisotopic (exact) mass is 420 g/mol. The second-order valence-electron chi connectivity index (χ2n) is 7.13. The molecule has 0 aromatic heterocycles. The summed E-state index contributed by atoms with van der Waals surface area (Å²) in [4.78, 5) is 12.8. The minimum Gasteiger partial charge on any atom is -0.351 e. The molecule has 0 saturated carbocycles. The van der Waals surface area contributed by atoms with Gasteiger partial charge in [0.1, 0.15) is 0 Å². The quantitative estimate of drug-likeness (QED) is 0.766. The number of sulfonamides is 1. The highest BCUT2D eigenvalue weighted by atomic mass is 35.5. The number of rotatable bonds is 6. The summed E-state index contributed by atoms with van der Waals surface area (Å²) < 4.78 is 27.2. The van der Waals surface area contributed by atoms with E-state index in [1.807, 2.05) is 37.3 Å². The fourth-order valence-corrected chi connectivity index (χ4v) is 5.08. The summed E-state index contributed by atoms with van der Waals surface area (Å²) in [5, 5.41) is 3.10. The molecule has 0 aliphatic carbocycles. The van der Waals surface area contributed by atoms with Crippen molar-refractivity contribution >= 4 is 27.5 Å². The number of piperidine rings is 1. The third kappa shape index (κ3) is 4.74. The van der Waals surface area contributed by atoms with E-state index in [-0.39, 0.29) is 27.3 Å². The summed E-state index contributed by atoms with van der Waals surface area (Å²) in [7, 11) is -3.61. The zero-order valence-electron chi connectivity index (χ0n) is 15.9. The summed E-state index contributed by atoms with van der Waals surface area (Å²) in [5.41, 5.74) is 1.30. The highest BCUT2D eigenvalue weighted by Crippen LogP contribution is 2.25. The molecule has 1 aliphatic heterocycles. The zero-order valence-corrected chi connectivity index (χ0v) is 17.5. The van der Waals surface area contributed by atoms with Crippen molar-refractivity contribution in [1.82, 2.24) is 9.62 Å². The Bertz CT molecular complexity index is 926. The van der Waals surface area contributed by atoms with Crippen LogP contribution in [-0.4, -0.2) is 38.3 Å². The number of benzene rings is 2. The van der Waals surface area contributed by atoms with E-state index < -0.39 is 10.0 Å². The lowest BCUT2D eigenvalue weighted by Crippen LogP contribution is -2.35. The van der Waals surface area contributed by atoms with Crippen LogP contribution in [0.25, 0.3) is 0 Å². The van der Waals surface area contributed by atoms with Crippen molar-refractivity contribution in [1.29, 1.82) is 0 Å². The van der Waals surface area contributed by atoms with Crippen LogP contribution < -0.4 is 5.32 Å². The van der Waals surface area contributed by atoms with Crippen LogP contribution in [0.15, 0.2) is 53.4 Å². The smallest absolute Gasteiger partial charge is 0.252 e. The van der Waals surface area contributed by atoms with E-state index in [0.29, 0.717) is 19.6 Å². The Morgan fingerprint density at radius 1 is 1.11 bits per heavy atom. The van der Waals surface area contributed by atoms with Crippen molar-refractivity contribution in [3.05, 3.63) is 64.7 Å². The number of carbonyl (C=O) groups is 1. The largest absolute Gasteiger partial charge is 0.351 e. The van der Waals surface area contributed by atoms with Crippen molar-refractivity contribution < 1.29 is 13.2 Å². The Morgan fingerprint density at radius 3 is 2.46 bits per heavy atom. The number of nitrogens with zero attached hydrogens (tertiary/aromatic N) is 1. The predicted octanol–water partition coefficient (Wildman–Crippen LogP) is 4.05. The Balaban J connectivity index is 1.74. The minimum absolute atomic E-state index is 0.111. The topological polar surface area (TPSA) is 66.5 Å². The predicted molar refractivity (Wildman–Crippen MR) is 111 cm³/mol. The van der Waals surface area contributed by atoms with Gasteiger partial charge in [-0.2, -0.15) is 4.31 Å². The van der Waals surface area contributed by atoms with E-state index >= 15 is 0 Å². The molecule has 150 valence electrons. The molecule has 2 aromatic carbocycles. The molecular formula is C21H25ClN2O3S. The Labute approximate surface area is 171 Å². The third-order valence-corrected chi connectivity index (χ3v) is 7.30. The highest BCUT2D eigenvalue weighted by Gasteiger charge is 2.27. The van der Waals surface area contributed by atoms with Crippen LogP contribution in [0.4, 0.5) is 0 Å². The van der Waals surface area contributed by atoms with Crippen LogP contribution in [0.5, 0.6) is 0 Å². The SMILES string of the molecule is C[C@@H](CNC(=O)c1cc(S(=O)(=O)N2CCCCC2)ccc1Cl)c1ccccc1. The number of nitrogens with one attached hydrogen (secondary N) is 1. The molecule has 5 nitrogen and oxygen atoms in total. The maximum absolute atomic E-state index is 12.9. The molecule has 0 radical (unpaired) electrons. The molecule has 0 spiro atoms. The Kier molecular flexibility index (Phi) is 6.75. The number of carbonyl (C=O) groups excluding carboxylic acids is 1. The standard InChI is InChI=1S/C21H25ClN2O3S/c1-16(17-8-4-2-5-9-17)15-23-21(25)19-14-18(10-11-20(19)22)28(26,27)24-12-6-3-7-13-24/h2,4-5,8-11,14,16H,3,6-7,12-13,15H2,1H3,(H,23,25)/t16-/m0/s1. The van der Waals surface area contributed by atoms with Crippen LogP contribution in [0.2, 0.25) is 5.02 Å². The molecule has 1 saturated heterocycles. The van der Waals surface area contributed by atoms with Gasteiger partial charge >= 0.3 is 0 Å². The van der Waals surface area contributed by atoms with Gasteiger partial charge in [-0.25, -0.2) is 8.42 Å². The van der Waals surface area contributed by atoms with E-state index in [4.69, 9.17) is 11.6 Å². The molecule has 1 N–H and O–H groups in total. The highest BCUT2D eigenvalue weighted by molar-refractivity contribution is 7.89. The molecule has 1 aliphatic rings. The van der Waals surface area contributed by atoms with Gasteiger partial charge in [0.15, 0.2) is 0 Å². The third-order valence-electron chi connectivity index (χ3n) is 5.07. The fraction of sp³-hybridized carbons (Fsp3) is 0.381. The first-order chi connectivity index (χ1) is 13.4. The van der Waals surface area contributed by atoms with Crippen molar-refractivity contribution in [3.63, 3.8) is 0 Å². The van der Waals surface area contributed by atoms with Crippen molar-refractivity contribution in [3.8, 4) is 0 Å². The summed E-state index contributed by atoms with van der Waals surface area (Å²) in [6.07, 6.45) is 2.76. The molecule has 7 heteroatoms. The van der Waals surface area contributed by atoms with E-state index in [0.717, 1.165) is 24.8 Å². The van der Waals surface area contributed by atoms with Gasteiger partial charge in [-0.3, -0.25) is 4.79 Å². The minimum atomic E-state index is -3.61. The number of halogens is 1. The summed E-state index contributed by atoms with van der Waals surface area (Å²) in [5.74, 6) is -0.243. The Morgan fingerprint density at radius 2 is 1.79 bits per heavy atom. The van der Waals surface area contributed by atoms with Crippen LogP contribution in [0.3, 0.4) is 0 Å². The summed E-state index contributed by atoms with van der Waals surface area (Å²) >= 11 is 6.19. The first kappa shape index (κ1) is 20.8. The van der Waals surface area contributed by atoms with Crippen molar-refractivity contribution in [2.24, 2.45) is 0 Å². The second kappa shape index (κ2) is 9.07. The van der Waals surface area contributed by atoms with Gasteiger partial charge in [-0.1, -0.05) is 55.3 Å². The van der Waals surface area contributed by atoms with Crippen LogP contribution in [-0.2, 0) is 10.0 Å². The van der Waals surface area contributed by atoms with E-state index in [1.165, 1.54) is 22.5 Å². The molecular weight excluding hydrogens is 396 g/mol. The fourth-order valence-electron chi connectivity index (χ4n) is 3.33. The lowest BCUT2D eigenvalue weighted by Gasteiger charge is -2.26. The number of hydrogen-bond acceptors (Lipinski definition) is 3. The number of amides is 1. The first-order valence-electron chi connectivity index (χ1n) is 9.52. The molecule has 2 aromatic rings. The van der Waals surface area contributed by atoms with Gasteiger partial charge in [0.2, 0.25) is 10.0 Å². The van der Waals surface area contributed by atoms with Crippen molar-refractivity contribution in [2.75, 3.05) is 19.6 Å². The molecule has 1 atom stereocenters. The van der Waals surface area contributed by atoms with E-state index in [9.17, 15) is 13.2 Å². The lowest BCUT2D eigenvalue weighted by atomic mass is 10.0. The molecule has 0 bridgehead atoms. The maximum Gasteiger partial charge on any atom is 0.252 e. The molecule has 1 heterocycles. The average Bonchev–Trinajstić information content (AvgIpc) is 2.73. The molecule has 1 fully saturated rings. The summed E-state index contributed by atoms with van der Waals surface area (Å²) in [6, 6.07) is 14.2. The molecule has 1 amide bonds. The summed E-state index contributed by atoms with van der Waals surface area (Å²) in [6.45, 7) is 3.49. The van der Waals surface area contributed by atoms with Gasteiger partial charge in [0.25, 0.3) is 5.91 Å². The van der Waals surface area contributed by atoms with Gasteiger partial charge in [-0.15, -0.1) is 0 Å². The van der Waals surface area contributed by atoms with Gasteiger partial charge in [-0.05, 0) is 42.5 Å². The van der Waals surface area contributed by atoms with Crippen LogP contribution >= 0.6 is 11.6 Å².